The van der Waals surface area contributed by atoms with Gasteiger partial charge in [0.25, 0.3) is 0 Å². The van der Waals surface area contributed by atoms with Crippen LogP contribution in [-0.4, -0.2) is 18.7 Å². The van der Waals surface area contributed by atoms with Crippen LogP contribution in [0.5, 0.6) is 5.75 Å². The summed E-state index contributed by atoms with van der Waals surface area (Å²) in [7, 11) is 0. The molecule has 0 spiro atoms. The lowest BCUT2D eigenvalue weighted by atomic mass is 10.1. The first-order chi connectivity index (χ1) is 8.22. The van der Waals surface area contributed by atoms with E-state index < -0.39 is 0 Å². The Labute approximate surface area is 101 Å². The van der Waals surface area contributed by atoms with Gasteiger partial charge in [-0.2, -0.15) is 0 Å². The minimum atomic E-state index is -0.212. The lowest BCUT2D eigenvalue weighted by Gasteiger charge is -2.15. The van der Waals surface area contributed by atoms with E-state index in [9.17, 15) is 4.39 Å². The summed E-state index contributed by atoms with van der Waals surface area (Å²) >= 11 is 0. The van der Waals surface area contributed by atoms with Crippen molar-refractivity contribution in [3.05, 3.63) is 29.6 Å². The Balaban J connectivity index is 1.90. The molecule has 2 atom stereocenters. The summed E-state index contributed by atoms with van der Waals surface area (Å²) in [5.74, 6) is 3.25. The smallest absolute Gasteiger partial charge is 0.123 e. The van der Waals surface area contributed by atoms with Crippen molar-refractivity contribution >= 4 is 0 Å². The Kier molecular flexibility index (Phi) is 3.65. The fourth-order valence-corrected chi connectivity index (χ4v) is 2.00. The second kappa shape index (κ2) is 5.20. The quantitative estimate of drug-likeness (QED) is 0.804. The average molecular weight is 233 g/mol. The first-order valence-corrected chi connectivity index (χ1v) is 5.87. The van der Waals surface area contributed by atoms with Crippen molar-refractivity contribution in [2.75, 3.05) is 6.54 Å². The van der Waals surface area contributed by atoms with E-state index >= 15 is 0 Å². The second-order valence-corrected chi connectivity index (χ2v) is 4.23. The zero-order valence-electron chi connectivity index (χ0n) is 9.87. The Hall–Kier alpha value is -1.53. The van der Waals surface area contributed by atoms with Crippen LogP contribution in [0.2, 0.25) is 0 Å². The van der Waals surface area contributed by atoms with Crippen LogP contribution in [0.25, 0.3) is 0 Å². The number of hydrogen-bond donors (Lipinski definition) is 1. The van der Waals surface area contributed by atoms with Crippen LogP contribution in [0, 0.1) is 18.2 Å². The fourth-order valence-electron chi connectivity index (χ4n) is 2.00. The molecule has 0 saturated heterocycles. The van der Waals surface area contributed by atoms with Gasteiger partial charge in [0.2, 0.25) is 0 Å². The molecule has 0 saturated carbocycles. The largest absolute Gasteiger partial charge is 0.488 e. The first kappa shape index (κ1) is 11.9. The third-order valence-corrected chi connectivity index (χ3v) is 2.97. The Morgan fingerprint density at radius 2 is 2.47 bits per heavy atom. The molecule has 2 nitrogen and oxygen atoms in total. The summed E-state index contributed by atoms with van der Waals surface area (Å²) in [5, 5.41) is 3.26. The van der Waals surface area contributed by atoms with Crippen molar-refractivity contribution < 1.29 is 9.13 Å². The van der Waals surface area contributed by atoms with Crippen LogP contribution in [0.3, 0.4) is 0 Å². The van der Waals surface area contributed by atoms with Gasteiger partial charge in [-0.1, -0.05) is 12.8 Å². The molecular formula is C14H16FNO. The van der Waals surface area contributed by atoms with Gasteiger partial charge in [-0.15, -0.1) is 6.42 Å². The molecule has 1 aromatic rings. The van der Waals surface area contributed by atoms with E-state index in [4.69, 9.17) is 11.2 Å². The van der Waals surface area contributed by atoms with Crippen LogP contribution in [0.1, 0.15) is 18.9 Å². The van der Waals surface area contributed by atoms with Crippen molar-refractivity contribution in [3.8, 4) is 18.1 Å². The van der Waals surface area contributed by atoms with Crippen molar-refractivity contribution in [3.63, 3.8) is 0 Å². The maximum absolute atomic E-state index is 13.0. The zero-order chi connectivity index (χ0) is 12.3. The van der Waals surface area contributed by atoms with E-state index in [0.29, 0.717) is 6.54 Å². The summed E-state index contributed by atoms with van der Waals surface area (Å²) in [6, 6.07) is 4.72. The number of benzene rings is 1. The molecule has 0 aromatic heterocycles. The van der Waals surface area contributed by atoms with Gasteiger partial charge in [0, 0.05) is 18.5 Å². The molecule has 1 heterocycles. The normalized spacial score (nSPS) is 19.2. The van der Waals surface area contributed by atoms with Gasteiger partial charge < -0.3 is 4.74 Å². The number of halogens is 1. The van der Waals surface area contributed by atoms with Gasteiger partial charge in [-0.05, 0) is 24.6 Å². The topological polar surface area (TPSA) is 21.3 Å². The molecule has 0 aliphatic carbocycles. The Bertz CT molecular complexity index is 438. The summed E-state index contributed by atoms with van der Waals surface area (Å²) in [6.45, 7) is 2.73. The van der Waals surface area contributed by atoms with Gasteiger partial charge in [0.05, 0.1) is 6.04 Å². The van der Waals surface area contributed by atoms with E-state index in [1.807, 2.05) is 6.92 Å². The van der Waals surface area contributed by atoms with Crippen LogP contribution >= 0.6 is 0 Å². The van der Waals surface area contributed by atoms with Crippen molar-refractivity contribution in [1.82, 2.24) is 5.32 Å². The van der Waals surface area contributed by atoms with E-state index in [1.165, 1.54) is 12.1 Å². The van der Waals surface area contributed by atoms with E-state index in [0.717, 1.165) is 24.2 Å². The molecule has 0 fully saturated rings. The van der Waals surface area contributed by atoms with Gasteiger partial charge in [-0.25, -0.2) is 4.39 Å². The highest BCUT2D eigenvalue weighted by Crippen LogP contribution is 2.28. The third-order valence-electron chi connectivity index (χ3n) is 2.97. The monoisotopic (exact) mass is 233 g/mol. The second-order valence-electron chi connectivity index (χ2n) is 4.23. The van der Waals surface area contributed by atoms with Crippen LogP contribution in [0.15, 0.2) is 18.2 Å². The Morgan fingerprint density at radius 3 is 3.18 bits per heavy atom. The lowest BCUT2D eigenvalue weighted by molar-refractivity contribution is 0.224. The number of terminal acetylenes is 1. The molecule has 2 rings (SSSR count). The fraction of sp³-hybridized carbons (Fsp3) is 0.429. The summed E-state index contributed by atoms with van der Waals surface area (Å²) < 4.78 is 18.7. The standard InChI is InChI=1S/C14H16FNO/c1-3-12(4-2)16-9-13-8-10-7-11(15)5-6-14(10)17-13/h1,5-7,12-13,16H,4,8-9H2,2H3. The SMILES string of the molecule is C#CC(CC)NCC1Cc2cc(F)ccc2O1. The molecule has 90 valence electrons. The highest BCUT2D eigenvalue weighted by Gasteiger charge is 2.23. The number of hydrogen-bond acceptors (Lipinski definition) is 2. The van der Waals surface area contributed by atoms with Crippen LogP contribution in [0.4, 0.5) is 4.39 Å². The van der Waals surface area contributed by atoms with Crippen molar-refractivity contribution in [1.29, 1.82) is 0 Å². The lowest BCUT2D eigenvalue weighted by Crippen LogP contribution is -2.36. The predicted molar refractivity (Wildman–Crippen MR) is 65.4 cm³/mol. The maximum atomic E-state index is 13.0. The maximum Gasteiger partial charge on any atom is 0.123 e. The highest BCUT2D eigenvalue weighted by molar-refractivity contribution is 5.37. The summed E-state index contributed by atoms with van der Waals surface area (Å²) in [6.07, 6.45) is 7.05. The minimum absolute atomic E-state index is 0.0502. The molecule has 0 radical (unpaired) electrons. The van der Waals surface area contributed by atoms with E-state index in [2.05, 4.69) is 11.2 Å². The van der Waals surface area contributed by atoms with Gasteiger partial charge in [0.15, 0.2) is 0 Å². The van der Waals surface area contributed by atoms with Crippen molar-refractivity contribution in [2.24, 2.45) is 0 Å². The van der Waals surface area contributed by atoms with Crippen LogP contribution < -0.4 is 10.1 Å². The molecular weight excluding hydrogens is 217 g/mol. The van der Waals surface area contributed by atoms with Crippen molar-refractivity contribution in [2.45, 2.75) is 31.9 Å². The molecule has 17 heavy (non-hydrogen) atoms. The van der Waals surface area contributed by atoms with E-state index in [1.54, 1.807) is 6.07 Å². The highest BCUT2D eigenvalue weighted by atomic mass is 19.1. The molecule has 1 aromatic carbocycles. The third kappa shape index (κ3) is 2.78. The number of nitrogens with one attached hydrogen (secondary N) is 1. The first-order valence-electron chi connectivity index (χ1n) is 5.87. The zero-order valence-corrected chi connectivity index (χ0v) is 9.87. The summed E-state index contributed by atoms with van der Waals surface area (Å²) in [4.78, 5) is 0. The van der Waals surface area contributed by atoms with Gasteiger partial charge >= 0.3 is 0 Å². The molecule has 0 amide bonds. The molecule has 1 aliphatic rings. The average Bonchev–Trinajstić information content (AvgIpc) is 2.72. The number of rotatable bonds is 4. The molecule has 3 heteroatoms. The molecule has 1 aliphatic heterocycles. The number of ether oxygens (including phenoxy) is 1. The molecule has 0 bridgehead atoms. The van der Waals surface area contributed by atoms with Gasteiger partial charge in [-0.3, -0.25) is 5.32 Å². The predicted octanol–water partition coefficient (Wildman–Crippen LogP) is 2.13. The Morgan fingerprint density at radius 1 is 1.65 bits per heavy atom. The molecule has 2 unspecified atom stereocenters. The summed E-state index contributed by atoms with van der Waals surface area (Å²) in [5.41, 5.74) is 0.936. The number of fused-ring (bicyclic) bond motifs is 1. The molecule has 1 N–H and O–H groups in total. The van der Waals surface area contributed by atoms with Gasteiger partial charge in [0.1, 0.15) is 17.7 Å². The minimum Gasteiger partial charge on any atom is -0.488 e. The van der Waals surface area contributed by atoms with Crippen LogP contribution in [-0.2, 0) is 6.42 Å². The van der Waals surface area contributed by atoms with E-state index in [-0.39, 0.29) is 18.0 Å².